The second-order valence-corrected chi connectivity index (χ2v) is 4.65. The van der Waals surface area contributed by atoms with Crippen LogP contribution in [0.4, 0.5) is 5.82 Å². The number of nitrogens with zero attached hydrogens (tertiary/aromatic N) is 2. The van der Waals surface area contributed by atoms with Crippen molar-refractivity contribution in [1.82, 2.24) is 4.98 Å². The molecular weight excluding hydrogens is 242 g/mol. The Morgan fingerprint density at radius 3 is 2.68 bits per heavy atom. The van der Waals surface area contributed by atoms with Gasteiger partial charge in [-0.1, -0.05) is 18.9 Å². The Morgan fingerprint density at radius 1 is 1.37 bits per heavy atom. The molecule has 1 heterocycles. The summed E-state index contributed by atoms with van der Waals surface area (Å²) in [4.78, 5) is 28.0. The molecule has 0 aromatic carbocycles. The van der Waals surface area contributed by atoms with Gasteiger partial charge in [0.25, 0.3) is 5.91 Å². The molecule has 1 aromatic heterocycles. The van der Waals surface area contributed by atoms with E-state index >= 15 is 0 Å². The molecule has 0 spiro atoms. The molecule has 1 fully saturated rings. The van der Waals surface area contributed by atoms with Crippen LogP contribution in [-0.2, 0) is 9.59 Å². The monoisotopic (exact) mass is 257 g/mol. The topological polar surface area (TPSA) is 82.8 Å². The van der Waals surface area contributed by atoms with Crippen molar-refractivity contribution in [2.45, 2.75) is 25.7 Å². The number of hydrogen-bond donors (Lipinski definition) is 1. The van der Waals surface area contributed by atoms with Gasteiger partial charge in [0.1, 0.15) is 5.82 Å². The third-order valence-electron chi connectivity index (χ3n) is 3.35. The predicted molar refractivity (Wildman–Crippen MR) is 68.9 cm³/mol. The van der Waals surface area contributed by atoms with Crippen LogP contribution in [0.2, 0.25) is 0 Å². The van der Waals surface area contributed by atoms with Crippen molar-refractivity contribution in [2.24, 2.45) is 11.8 Å². The van der Waals surface area contributed by atoms with Gasteiger partial charge < -0.3 is 5.32 Å². The van der Waals surface area contributed by atoms with Crippen molar-refractivity contribution in [3.63, 3.8) is 0 Å². The van der Waals surface area contributed by atoms with Crippen molar-refractivity contribution in [3.8, 4) is 6.07 Å². The molecule has 1 atom stereocenters. The van der Waals surface area contributed by atoms with Crippen LogP contribution < -0.4 is 5.32 Å². The van der Waals surface area contributed by atoms with E-state index in [4.69, 9.17) is 5.26 Å². The predicted octanol–water partition coefficient (Wildman–Crippen LogP) is 1.92. The summed E-state index contributed by atoms with van der Waals surface area (Å²) >= 11 is 0. The minimum Gasteiger partial charge on any atom is -0.309 e. The van der Waals surface area contributed by atoms with Gasteiger partial charge in [-0.25, -0.2) is 4.98 Å². The van der Waals surface area contributed by atoms with E-state index < -0.39 is 11.8 Å². The van der Waals surface area contributed by atoms with Crippen LogP contribution in [0, 0.1) is 23.2 Å². The molecule has 98 valence electrons. The lowest BCUT2D eigenvalue weighted by molar-refractivity contribution is -0.131. The Labute approximate surface area is 111 Å². The van der Waals surface area contributed by atoms with Crippen LogP contribution >= 0.6 is 0 Å². The average Bonchev–Trinajstić information content (AvgIpc) is 2.94. The maximum atomic E-state index is 12.1. The third kappa shape index (κ3) is 3.16. The molecule has 1 aliphatic carbocycles. The van der Waals surface area contributed by atoms with E-state index in [1.54, 1.807) is 18.2 Å². The van der Waals surface area contributed by atoms with Crippen molar-refractivity contribution in [3.05, 3.63) is 24.4 Å². The Hall–Kier alpha value is -2.22. The number of hydrogen-bond acceptors (Lipinski definition) is 4. The van der Waals surface area contributed by atoms with Crippen LogP contribution in [0.3, 0.4) is 0 Å². The Morgan fingerprint density at radius 2 is 2.11 bits per heavy atom. The van der Waals surface area contributed by atoms with Gasteiger partial charge >= 0.3 is 0 Å². The zero-order chi connectivity index (χ0) is 13.7. The number of Topliss-reactive ketones (excluding diaryl/α,β-unsaturated/α-hetero) is 1. The first kappa shape index (κ1) is 13.2. The molecule has 1 saturated carbocycles. The fraction of sp³-hybridized carbons (Fsp3) is 0.429. The molecule has 0 radical (unpaired) electrons. The van der Waals surface area contributed by atoms with E-state index in [9.17, 15) is 9.59 Å². The van der Waals surface area contributed by atoms with E-state index in [0.717, 1.165) is 25.7 Å². The van der Waals surface area contributed by atoms with Crippen LogP contribution in [0.1, 0.15) is 25.7 Å². The maximum absolute atomic E-state index is 12.1. The first-order valence-electron chi connectivity index (χ1n) is 6.37. The normalized spacial score (nSPS) is 16.6. The summed E-state index contributed by atoms with van der Waals surface area (Å²) in [5.41, 5.74) is 0. The van der Waals surface area contributed by atoms with Crippen molar-refractivity contribution in [1.29, 1.82) is 5.26 Å². The summed E-state index contributed by atoms with van der Waals surface area (Å²) in [7, 11) is 0. The van der Waals surface area contributed by atoms with Gasteiger partial charge in [0.2, 0.25) is 0 Å². The third-order valence-corrected chi connectivity index (χ3v) is 3.35. The zero-order valence-corrected chi connectivity index (χ0v) is 10.5. The largest absolute Gasteiger partial charge is 0.309 e. The SMILES string of the molecule is N#C[C@H](C(=O)Nc1ccccn1)C(=O)C1CCCC1. The van der Waals surface area contributed by atoms with E-state index in [0.29, 0.717) is 5.82 Å². The van der Waals surface area contributed by atoms with E-state index in [1.165, 1.54) is 6.20 Å². The fourth-order valence-electron chi connectivity index (χ4n) is 2.33. The molecule has 0 aliphatic heterocycles. The smallest absolute Gasteiger partial charge is 0.250 e. The molecular formula is C14H15N3O2. The highest BCUT2D eigenvalue weighted by Crippen LogP contribution is 2.28. The standard InChI is InChI=1S/C14H15N3O2/c15-9-11(13(18)10-5-1-2-6-10)14(19)17-12-7-3-4-8-16-12/h3-4,7-8,10-11H,1-2,5-6H2,(H,16,17,19)/t11-/m0/s1. The highest BCUT2D eigenvalue weighted by molar-refractivity contribution is 6.09. The van der Waals surface area contributed by atoms with Crippen LogP contribution in [-0.4, -0.2) is 16.7 Å². The number of ketones is 1. The molecule has 1 N–H and O–H groups in total. The molecule has 19 heavy (non-hydrogen) atoms. The van der Waals surface area contributed by atoms with Gasteiger partial charge in [-0.3, -0.25) is 9.59 Å². The summed E-state index contributed by atoms with van der Waals surface area (Å²) in [6.07, 6.45) is 5.10. The van der Waals surface area contributed by atoms with Crippen molar-refractivity contribution >= 4 is 17.5 Å². The minimum absolute atomic E-state index is 0.140. The van der Waals surface area contributed by atoms with Crippen molar-refractivity contribution in [2.75, 3.05) is 5.32 Å². The number of rotatable bonds is 4. The minimum atomic E-state index is -1.23. The van der Waals surface area contributed by atoms with Gasteiger partial charge in [0, 0.05) is 12.1 Å². The number of anilines is 1. The van der Waals surface area contributed by atoms with E-state index in [2.05, 4.69) is 10.3 Å². The molecule has 0 unspecified atom stereocenters. The Bertz CT molecular complexity index is 501. The molecule has 1 aromatic rings. The number of carbonyl (C=O) groups excluding carboxylic acids is 2. The zero-order valence-electron chi connectivity index (χ0n) is 10.5. The van der Waals surface area contributed by atoms with Gasteiger partial charge in [-0.15, -0.1) is 0 Å². The number of aromatic nitrogens is 1. The summed E-state index contributed by atoms with van der Waals surface area (Å²) < 4.78 is 0. The first-order chi connectivity index (χ1) is 9.22. The van der Waals surface area contributed by atoms with E-state index in [-0.39, 0.29) is 11.7 Å². The highest BCUT2D eigenvalue weighted by Gasteiger charge is 2.33. The lowest BCUT2D eigenvalue weighted by Crippen LogP contribution is -2.32. The molecule has 1 amide bonds. The second-order valence-electron chi connectivity index (χ2n) is 4.65. The molecule has 0 bridgehead atoms. The summed E-state index contributed by atoms with van der Waals surface area (Å²) in [6, 6.07) is 6.88. The summed E-state index contributed by atoms with van der Waals surface area (Å²) in [5.74, 6) is -1.86. The maximum Gasteiger partial charge on any atom is 0.250 e. The summed E-state index contributed by atoms with van der Waals surface area (Å²) in [6.45, 7) is 0. The molecule has 5 nitrogen and oxygen atoms in total. The van der Waals surface area contributed by atoms with E-state index in [1.807, 2.05) is 6.07 Å². The molecule has 0 saturated heterocycles. The summed E-state index contributed by atoms with van der Waals surface area (Å²) in [5, 5.41) is 11.6. The van der Waals surface area contributed by atoms with Crippen LogP contribution in [0.5, 0.6) is 0 Å². The number of nitriles is 1. The molecule has 5 heteroatoms. The van der Waals surface area contributed by atoms with Crippen LogP contribution in [0.15, 0.2) is 24.4 Å². The van der Waals surface area contributed by atoms with Crippen LogP contribution in [0.25, 0.3) is 0 Å². The Kier molecular flexibility index (Phi) is 4.24. The van der Waals surface area contributed by atoms with Gasteiger partial charge in [0.05, 0.1) is 6.07 Å². The van der Waals surface area contributed by atoms with Gasteiger partial charge in [-0.05, 0) is 25.0 Å². The Balaban J connectivity index is 2.03. The molecule has 2 rings (SSSR count). The fourth-order valence-corrected chi connectivity index (χ4v) is 2.33. The second kappa shape index (κ2) is 6.10. The number of pyridine rings is 1. The first-order valence-corrected chi connectivity index (χ1v) is 6.37. The van der Waals surface area contributed by atoms with Crippen molar-refractivity contribution < 1.29 is 9.59 Å². The molecule has 1 aliphatic rings. The number of nitrogens with one attached hydrogen (secondary N) is 1. The highest BCUT2D eigenvalue weighted by atomic mass is 16.2. The lowest BCUT2D eigenvalue weighted by atomic mass is 9.92. The number of carbonyl (C=O) groups is 2. The quantitative estimate of drug-likeness (QED) is 0.835. The van der Waals surface area contributed by atoms with Gasteiger partial charge in [0.15, 0.2) is 11.7 Å². The lowest BCUT2D eigenvalue weighted by Gasteiger charge is -2.12. The number of amides is 1. The van der Waals surface area contributed by atoms with Gasteiger partial charge in [-0.2, -0.15) is 5.26 Å². The average molecular weight is 257 g/mol.